The fourth-order valence-electron chi connectivity index (χ4n) is 2.43. The van der Waals surface area contributed by atoms with E-state index in [-0.39, 0.29) is 5.75 Å². The van der Waals surface area contributed by atoms with Gasteiger partial charge in [-0.05, 0) is 20.3 Å². The summed E-state index contributed by atoms with van der Waals surface area (Å²) in [5, 5.41) is 0. The third kappa shape index (κ3) is 4.39. The largest absolute Gasteiger partial charge is 0.492 e. The van der Waals surface area contributed by atoms with Crippen LogP contribution < -0.4 is 18.9 Å². The van der Waals surface area contributed by atoms with Crippen molar-refractivity contribution >= 4 is 11.1 Å². The molecule has 0 saturated heterocycles. The summed E-state index contributed by atoms with van der Waals surface area (Å²) in [6, 6.07) is 0. The Morgan fingerprint density at radius 1 is 1.00 bits per heavy atom. The summed E-state index contributed by atoms with van der Waals surface area (Å²) in [4.78, 5) is 0. The molecule has 1 aromatic rings. The van der Waals surface area contributed by atoms with Gasteiger partial charge < -0.3 is 23.5 Å². The number of benzene rings is 1. The molecule has 0 amide bonds. The van der Waals surface area contributed by atoms with Crippen LogP contribution in [-0.4, -0.2) is 43.0 Å². The molecule has 1 rings (SSSR count). The molecule has 23 heavy (non-hydrogen) atoms. The summed E-state index contributed by atoms with van der Waals surface area (Å²) < 4.78 is 41.6. The monoisotopic (exact) mass is 344 g/mol. The average molecular weight is 344 g/mol. The van der Waals surface area contributed by atoms with Gasteiger partial charge in [-0.2, -0.15) is 0 Å². The SMILES string of the molecule is COc1c(C)c(C/C=C(\C)CS(=O)O)c(OC)c(OC)c1OC. The zero-order valence-electron chi connectivity index (χ0n) is 14.4. The van der Waals surface area contributed by atoms with Gasteiger partial charge in [0, 0.05) is 11.1 Å². The second kappa shape index (κ2) is 8.79. The standard InChI is InChI=1S/C16H24O6S/c1-10(9-23(17)18)7-8-12-11(2)13(19-3)15(21-5)16(22-6)14(12)20-4/h7H,8-9H2,1-6H3,(H,17,18)/b10-7+. The van der Waals surface area contributed by atoms with Gasteiger partial charge in [-0.15, -0.1) is 0 Å². The van der Waals surface area contributed by atoms with Gasteiger partial charge in [0.2, 0.25) is 11.5 Å². The van der Waals surface area contributed by atoms with E-state index in [0.717, 1.165) is 16.7 Å². The lowest BCUT2D eigenvalue weighted by Crippen LogP contribution is -2.05. The lowest BCUT2D eigenvalue weighted by Gasteiger charge is -2.21. The lowest BCUT2D eigenvalue weighted by atomic mass is 10.0. The Morgan fingerprint density at radius 2 is 1.48 bits per heavy atom. The van der Waals surface area contributed by atoms with E-state index in [2.05, 4.69) is 0 Å². The quantitative estimate of drug-likeness (QED) is 0.577. The molecule has 1 N–H and O–H groups in total. The lowest BCUT2D eigenvalue weighted by molar-refractivity contribution is 0.302. The van der Waals surface area contributed by atoms with Crippen LogP contribution in [0.1, 0.15) is 18.1 Å². The molecule has 0 aliphatic rings. The first-order valence-electron chi connectivity index (χ1n) is 6.99. The summed E-state index contributed by atoms with van der Waals surface area (Å²) in [5.41, 5.74) is 2.57. The molecular formula is C16H24O6S. The van der Waals surface area contributed by atoms with Crippen LogP contribution >= 0.6 is 0 Å². The molecule has 7 heteroatoms. The minimum Gasteiger partial charge on any atom is -0.492 e. The van der Waals surface area contributed by atoms with Gasteiger partial charge in [-0.1, -0.05) is 11.6 Å². The molecule has 0 fully saturated rings. The summed E-state index contributed by atoms with van der Waals surface area (Å²) in [5.74, 6) is 2.20. The first-order chi connectivity index (χ1) is 10.9. The fraction of sp³-hybridized carbons (Fsp3) is 0.500. The van der Waals surface area contributed by atoms with Gasteiger partial charge >= 0.3 is 0 Å². The van der Waals surface area contributed by atoms with Crippen molar-refractivity contribution in [1.29, 1.82) is 0 Å². The van der Waals surface area contributed by atoms with Crippen molar-refractivity contribution in [3.63, 3.8) is 0 Å². The Balaban J connectivity index is 3.43. The minimum absolute atomic E-state index is 0.117. The number of hydrogen-bond acceptors (Lipinski definition) is 5. The van der Waals surface area contributed by atoms with Crippen molar-refractivity contribution in [2.75, 3.05) is 34.2 Å². The van der Waals surface area contributed by atoms with Crippen LogP contribution in [0.3, 0.4) is 0 Å². The van der Waals surface area contributed by atoms with E-state index in [0.29, 0.717) is 29.4 Å². The van der Waals surface area contributed by atoms with Crippen molar-refractivity contribution in [3.05, 3.63) is 22.8 Å². The van der Waals surface area contributed by atoms with Gasteiger partial charge in [0.25, 0.3) is 0 Å². The van der Waals surface area contributed by atoms with Crippen LogP contribution in [-0.2, 0) is 17.5 Å². The zero-order valence-corrected chi connectivity index (χ0v) is 15.2. The van der Waals surface area contributed by atoms with Gasteiger partial charge in [0.05, 0.1) is 34.2 Å². The fourth-order valence-corrected chi connectivity index (χ4v) is 2.94. The number of hydrogen-bond donors (Lipinski definition) is 1. The molecule has 0 radical (unpaired) electrons. The van der Waals surface area contributed by atoms with Crippen LogP contribution in [0.5, 0.6) is 23.0 Å². The molecule has 1 atom stereocenters. The second-order valence-corrected chi connectivity index (χ2v) is 5.89. The van der Waals surface area contributed by atoms with Crippen molar-refractivity contribution in [3.8, 4) is 23.0 Å². The molecule has 0 bridgehead atoms. The van der Waals surface area contributed by atoms with Crippen LogP contribution in [0.25, 0.3) is 0 Å². The second-order valence-electron chi connectivity index (χ2n) is 4.96. The molecule has 0 saturated carbocycles. The van der Waals surface area contributed by atoms with Crippen molar-refractivity contribution in [2.45, 2.75) is 20.3 Å². The number of rotatable bonds is 8. The zero-order chi connectivity index (χ0) is 17.6. The first-order valence-corrected chi connectivity index (χ1v) is 8.27. The summed E-state index contributed by atoms with van der Waals surface area (Å²) in [6.45, 7) is 3.72. The van der Waals surface area contributed by atoms with Gasteiger partial charge in [0.1, 0.15) is 0 Å². The van der Waals surface area contributed by atoms with Crippen LogP contribution in [0.2, 0.25) is 0 Å². The maximum absolute atomic E-state index is 10.9. The van der Waals surface area contributed by atoms with E-state index in [1.807, 2.05) is 19.9 Å². The Bertz CT molecular complexity index is 609. The van der Waals surface area contributed by atoms with Crippen LogP contribution in [0, 0.1) is 6.92 Å². The smallest absolute Gasteiger partial charge is 0.207 e. The number of allylic oxidation sites excluding steroid dienone is 1. The predicted molar refractivity (Wildman–Crippen MR) is 90.5 cm³/mol. The third-order valence-electron chi connectivity index (χ3n) is 3.51. The third-order valence-corrected chi connectivity index (χ3v) is 4.21. The topological polar surface area (TPSA) is 74.2 Å². The highest BCUT2D eigenvalue weighted by Gasteiger charge is 2.24. The molecule has 1 aromatic carbocycles. The van der Waals surface area contributed by atoms with E-state index in [1.165, 1.54) is 7.11 Å². The van der Waals surface area contributed by atoms with Crippen LogP contribution in [0.4, 0.5) is 0 Å². The molecule has 0 aliphatic carbocycles. The molecule has 0 aromatic heterocycles. The number of ether oxygens (including phenoxy) is 4. The molecule has 6 nitrogen and oxygen atoms in total. The molecule has 130 valence electrons. The average Bonchev–Trinajstić information content (AvgIpc) is 2.51. The van der Waals surface area contributed by atoms with E-state index in [1.54, 1.807) is 21.3 Å². The summed E-state index contributed by atoms with van der Waals surface area (Å²) in [7, 11) is 6.21. The van der Waals surface area contributed by atoms with E-state index < -0.39 is 11.1 Å². The Labute approximate surface area is 139 Å². The van der Waals surface area contributed by atoms with Gasteiger partial charge in [-0.3, -0.25) is 0 Å². The molecule has 0 heterocycles. The van der Waals surface area contributed by atoms with Crippen LogP contribution in [0.15, 0.2) is 11.6 Å². The molecular weight excluding hydrogens is 320 g/mol. The van der Waals surface area contributed by atoms with E-state index >= 15 is 0 Å². The Morgan fingerprint density at radius 3 is 1.91 bits per heavy atom. The highest BCUT2D eigenvalue weighted by atomic mass is 32.2. The number of methoxy groups -OCH3 is 4. The summed E-state index contributed by atoms with van der Waals surface area (Å²) >= 11 is -1.85. The molecule has 1 unspecified atom stereocenters. The highest BCUT2D eigenvalue weighted by molar-refractivity contribution is 7.79. The predicted octanol–water partition coefficient (Wildman–Crippen LogP) is 2.74. The van der Waals surface area contributed by atoms with Crippen molar-refractivity contribution in [1.82, 2.24) is 0 Å². The van der Waals surface area contributed by atoms with Crippen molar-refractivity contribution < 1.29 is 27.7 Å². The summed E-state index contributed by atoms with van der Waals surface area (Å²) in [6.07, 6.45) is 2.42. The Hall–Kier alpha value is -1.73. The minimum atomic E-state index is -1.85. The maximum atomic E-state index is 10.9. The van der Waals surface area contributed by atoms with Gasteiger partial charge in [0.15, 0.2) is 22.6 Å². The van der Waals surface area contributed by atoms with E-state index in [9.17, 15) is 4.21 Å². The molecule has 0 spiro atoms. The van der Waals surface area contributed by atoms with E-state index in [4.69, 9.17) is 23.5 Å². The first kappa shape index (κ1) is 19.3. The molecule has 0 aliphatic heterocycles. The highest BCUT2D eigenvalue weighted by Crippen LogP contribution is 2.49. The normalized spacial score (nSPS) is 12.7. The van der Waals surface area contributed by atoms with Crippen molar-refractivity contribution in [2.24, 2.45) is 0 Å². The Kier molecular flexibility index (Phi) is 7.38. The van der Waals surface area contributed by atoms with Gasteiger partial charge in [-0.25, -0.2) is 4.21 Å². The maximum Gasteiger partial charge on any atom is 0.207 e.